The first kappa shape index (κ1) is 37.0. The van der Waals surface area contributed by atoms with Gasteiger partial charge in [0.25, 0.3) is 0 Å². The van der Waals surface area contributed by atoms with Gasteiger partial charge in [-0.2, -0.15) is 0 Å². The van der Waals surface area contributed by atoms with E-state index in [4.69, 9.17) is 4.74 Å². The third kappa shape index (κ3) is 26.0. The fourth-order valence-electron chi connectivity index (χ4n) is 5.98. The van der Waals surface area contributed by atoms with E-state index in [1.54, 1.807) is 0 Å². The Bertz CT molecular complexity index is 609. The summed E-state index contributed by atoms with van der Waals surface area (Å²) in [6.07, 6.45) is 42.4. The summed E-state index contributed by atoms with van der Waals surface area (Å²) in [5.41, 5.74) is 1.45. The highest BCUT2D eigenvalue weighted by molar-refractivity contribution is 5.28. The molecule has 0 saturated carbocycles. The number of hydrogen-bond acceptors (Lipinski definition) is 1. The normalized spacial score (nSPS) is 11.3. The molecule has 0 unspecified atom stereocenters. The van der Waals surface area contributed by atoms with Gasteiger partial charge in [-0.05, 0) is 37.0 Å². The zero-order valence-electron chi connectivity index (χ0n) is 27.6. The third-order valence-corrected chi connectivity index (χ3v) is 8.73. The lowest BCUT2D eigenvalue weighted by molar-refractivity contribution is 0.304. The Labute approximate surface area is 253 Å². The van der Waals surface area contributed by atoms with Gasteiger partial charge in [-0.25, -0.2) is 0 Å². The number of benzene rings is 1. The summed E-state index contributed by atoms with van der Waals surface area (Å²) in [7, 11) is 0. The first-order valence-electron chi connectivity index (χ1n) is 18.6. The molecule has 0 aromatic heterocycles. The van der Waals surface area contributed by atoms with E-state index in [1.165, 1.54) is 198 Å². The number of hydrogen-bond donors (Lipinski definition) is 0. The van der Waals surface area contributed by atoms with Crippen molar-refractivity contribution in [2.24, 2.45) is 0 Å². The second-order valence-electron chi connectivity index (χ2n) is 12.8. The van der Waals surface area contributed by atoms with Crippen LogP contribution in [0.25, 0.3) is 0 Å². The predicted molar refractivity (Wildman–Crippen MR) is 181 cm³/mol. The summed E-state index contributed by atoms with van der Waals surface area (Å²) in [5.74, 6) is 1.08. The van der Waals surface area contributed by atoms with E-state index in [0.29, 0.717) is 0 Å². The van der Waals surface area contributed by atoms with E-state index < -0.39 is 0 Å². The topological polar surface area (TPSA) is 9.23 Å². The maximum absolute atomic E-state index is 6.08. The summed E-state index contributed by atoms with van der Waals surface area (Å²) in [6.45, 7) is 5.48. The minimum absolute atomic E-state index is 0.876. The van der Waals surface area contributed by atoms with E-state index in [2.05, 4.69) is 38.1 Å². The van der Waals surface area contributed by atoms with Crippen molar-refractivity contribution >= 4 is 0 Å². The molecule has 234 valence electrons. The van der Waals surface area contributed by atoms with Crippen LogP contribution >= 0.6 is 0 Å². The van der Waals surface area contributed by atoms with Gasteiger partial charge in [0.05, 0.1) is 6.61 Å². The summed E-state index contributed by atoms with van der Waals surface area (Å²) in [4.78, 5) is 0. The molecule has 1 aromatic rings. The van der Waals surface area contributed by atoms with E-state index >= 15 is 0 Å². The highest BCUT2D eigenvalue weighted by Gasteiger charge is 2.00. The monoisotopic (exact) mass is 557 g/mol. The van der Waals surface area contributed by atoms with Crippen LogP contribution in [-0.2, 0) is 6.42 Å². The molecule has 0 saturated heterocycles. The number of ether oxygens (including phenoxy) is 1. The zero-order valence-corrected chi connectivity index (χ0v) is 27.6. The van der Waals surface area contributed by atoms with Crippen molar-refractivity contribution in [3.05, 3.63) is 29.8 Å². The maximum atomic E-state index is 6.08. The smallest absolute Gasteiger partial charge is 0.119 e. The first-order valence-corrected chi connectivity index (χ1v) is 18.6. The van der Waals surface area contributed by atoms with Gasteiger partial charge in [0, 0.05) is 0 Å². The van der Waals surface area contributed by atoms with Crippen molar-refractivity contribution in [2.45, 2.75) is 206 Å². The highest BCUT2D eigenvalue weighted by atomic mass is 16.5. The van der Waals surface area contributed by atoms with Gasteiger partial charge < -0.3 is 4.74 Å². The molecule has 0 aliphatic rings. The van der Waals surface area contributed by atoms with Crippen molar-refractivity contribution in [3.63, 3.8) is 0 Å². The van der Waals surface area contributed by atoms with Gasteiger partial charge in [0.2, 0.25) is 0 Å². The van der Waals surface area contributed by atoms with E-state index in [-0.39, 0.29) is 0 Å². The van der Waals surface area contributed by atoms with Crippen LogP contribution in [0.1, 0.15) is 206 Å². The molecule has 1 aromatic carbocycles. The quantitative estimate of drug-likeness (QED) is 0.0802. The van der Waals surface area contributed by atoms with Crippen LogP contribution in [0, 0.1) is 0 Å². The molecule has 0 N–H and O–H groups in total. The molecule has 1 rings (SSSR count). The minimum atomic E-state index is 0.876. The van der Waals surface area contributed by atoms with Crippen LogP contribution in [-0.4, -0.2) is 6.61 Å². The fourth-order valence-corrected chi connectivity index (χ4v) is 5.98. The Balaban J connectivity index is 1.85. The fraction of sp³-hybridized carbons (Fsp3) is 0.846. The van der Waals surface area contributed by atoms with Crippen LogP contribution in [0.5, 0.6) is 5.75 Å². The summed E-state index contributed by atoms with van der Waals surface area (Å²) < 4.78 is 6.08. The molecule has 0 spiro atoms. The van der Waals surface area contributed by atoms with E-state index in [1.807, 2.05) is 0 Å². The van der Waals surface area contributed by atoms with Crippen LogP contribution in [0.15, 0.2) is 24.3 Å². The van der Waals surface area contributed by atoms with E-state index in [9.17, 15) is 0 Å². The van der Waals surface area contributed by atoms with Crippen molar-refractivity contribution < 1.29 is 4.74 Å². The van der Waals surface area contributed by atoms with Crippen molar-refractivity contribution in [1.82, 2.24) is 0 Å². The maximum Gasteiger partial charge on any atom is 0.119 e. The number of aryl methyl sites for hydroxylation is 1. The Kier molecular flexibility index (Phi) is 28.7. The molecule has 1 heteroatoms. The molecular formula is C39H72O. The van der Waals surface area contributed by atoms with Gasteiger partial charge in [0.1, 0.15) is 5.75 Å². The Morgan fingerprint density at radius 3 is 1.15 bits per heavy atom. The molecule has 40 heavy (non-hydrogen) atoms. The lowest BCUT2D eigenvalue weighted by Gasteiger charge is -2.08. The molecule has 0 amide bonds. The van der Waals surface area contributed by atoms with Crippen LogP contribution < -0.4 is 4.74 Å². The summed E-state index contributed by atoms with van der Waals surface area (Å²) in [5, 5.41) is 0. The summed E-state index contributed by atoms with van der Waals surface area (Å²) in [6, 6.07) is 8.88. The van der Waals surface area contributed by atoms with Crippen molar-refractivity contribution in [2.75, 3.05) is 6.61 Å². The van der Waals surface area contributed by atoms with Crippen LogP contribution in [0.2, 0.25) is 0 Å². The standard InChI is InChI=1S/C39H72O/c1-3-5-7-9-11-13-15-17-18-19-21-23-25-27-29-31-36-40-39-35-32-34-38(37-39)33-30-28-26-24-22-20-16-14-12-10-8-6-4-2/h32,34-35,37H,3-31,33,36H2,1-2H3. The molecule has 0 heterocycles. The lowest BCUT2D eigenvalue weighted by Crippen LogP contribution is -1.98. The molecule has 0 atom stereocenters. The highest BCUT2D eigenvalue weighted by Crippen LogP contribution is 2.18. The molecule has 1 nitrogen and oxygen atoms in total. The molecule has 0 aliphatic heterocycles. The Morgan fingerprint density at radius 2 is 0.750 bits per heavy atom. The molecular weight excluding hydrogens is 484 g/mol. The average Bonchev–Trinajstić information content (AvgIpc) is 2.97. The van der Waals surface area contributed by atoms with E-state index in [0.717, 1.165) is 12.4 Å². The minimum Gasteiger partial charge on any atom is -0.494 e. The van der Waals surface area contributed by atoms with Crippen molar-refractivity contribution in [3.8, 4) is 5.75 Å². The Hall–Kier alpha value is -0.980. The predicted octanol–water partition coefficient (Wildman–Crippen LogP) is 14.0. The Morgan fingerprint density at radius 1 is 0.400 bits per heavy atom. The molecule has 0 fully saturated rings. The second kappa shape index (κ2) is 31.0. The lowest BCUT2D eigenvalue weighted by atomic mass is 10.0. The van der Waals surface area contributed by atoms with Gasteiger partial charge in [-0.3, -0.25) is 0 Å². The number of rotatable bonds is 32. The number of unbranched alkanes of at least 4 members (excludes halogenated alkanes) is 27. The van der Waals surface area contributed by atoms with Gasteiger partial charge >= 0.3 is 0 Å². The van der Waals surface area contributed by atoms with Gasteiger partial charge in [0.15, 0.2) is 0 Å². The second-order valence-corrected chi connectivity index (χ2v) is 12.8. The first-order chi connectivity index (χ1) is 19.9. The largest absolute Gasteiger partial charge is 0.494 e. The van der Waals surface area contributed by atoms with Crippen molar-refractivity contribution in [1.29, 1.82) is 0 Å². The van der Waals surface area contributed by atoms with Crippen LogP contribution in [0.4, 0.5) is 0 Å². The summed E-state index contributed by atoms with van der Waals surface area (Å²) >= 11 is 0. The molecule has 0 bridgehead atoms. The van der Waals surface area contributed by atoms with Crippen LogP contribution in [0.3, 0.4) is 0 Å². The van der Waals surface area contributed by atoms with Gasteiger partial charge in [-0.1, -0.05) is 199 Å². The van der Waals surface area contributed by atoms with Gasteiger partial charge in [-0.15, -0.1) is 0 Å². The third-order valence-electron chi connectivity index (χ3n) is 8.73. The molecule has 0 aliphatic carbocycles. The SMILES string of the molecule is CCCCCCCCCCCCCCCCCCOc1cccc(CCCCCCCCCCCCCCC)c1. The average molecular weight is 557 g/mol. The molecule has 0 radical (unpaired) electrons. The zero-order chi connectivity index (χ0) is 28.6.